The molecule has 0 heterocycles. The average Bonchev–Trinajstić information content (AvgIpc) is 1.89. The molecule has 0 unspecified atom stereocenters. The van der Waals surface area contributed by atoms with Crippen LogP contribution in [0.1, 0.15) is 0 Å². The molecule has 0 atom stereocenters. The highest BCUT2D eigenvalue weighted by Crippen LogP contribution is 1.86. The van der Waals surface area contributed by atoms with Crippen LogP contribution in [0.3, 0.4) is 0 Å². The maximum atomic E-state index is 9.10. The molecule has 5 nitrogen and oxygen atoms in total. The summed E-state index contributed by atoms with van der Waals surface area (Å²) in [4.78, 5) is 18.2. The smallest absolute Gasteiger partial charge is 0.414 e. The third-order valence-electron chi connectivity index (χ3n) is 0.298. The van der Waals surface area contributed by atoms with Gasteiger partial charge >= 0.3 is 17.2 Å². The molecule has 0 rings (SSSR count). The van der Waals surface area contributed by atoms with Crippen LogP contribution in [0.15, 0.2) is 0 Å². The van der Waals surface area contributed by atoms with Gasteiger partial charge in [-0.05, 0) is 0 Å². The number of nitrogens with zero attached hydrogens (tertiary/aromatic N) is 1. The van der Waals surface area contributed by atoms with Crippen LogP contribution in [0.4, 0.5) is 0 Å². The number of carboxylic acid groups (broad SMARTS) is 2. The predicted molar refractivity (Wildman–Crippen MR) is 44.6 cm³/mol. The summed E-state index contributed by atoms with van der Waals surface area (Å²) >= 11 is 7.20. The van der Waals surface area contributed by atoms with Crippen LogP contribution in [-0.2, 0) is 9.59 Å². The van der Waals surface area contributed by atoms with Gasteiger partial charge in [-0.15, -0.1) is 0 Å². The molecule has 0 aromatic carbocycles. The van der Waals surface area contributed by atoms with E-state index in [0.29, 0.717) is 0 Å². The van der Waals surface area contributed by atoms with Crippen molar-refractivity contribution in [3.8, 4) is 5.97 Å². The van der Waals surface area contributed by atoms with Crippen LogP contribution < -0.4 is 0 Å². The van der Waals surface area contributed by atoms with E-state index in [2.05, 4.69) is 25.0 Å². The molecule has 0 aromatic rings. The highest BCUT2D eigenvalue weighted by Gasteiger charge is 2.04. The van der Waals surface area contributed by atoms with Gasteiger partial charge in [-0.3, -0.25) is 0 Å². The van der Waals surface area contributed by atoms with Gasteiger partial charge in [-0.25, -0.2) is 14.9 Å². The highest BCUT2D eigenvalue weighted by atomic mass is 32.2. The second-order valence-corrected chi connectivity index (χ2v) is 2.55. The van der Waals surface area contributed by atoms with Crippen LogP contribution in [-0.4, -0.2) is 27.4 Å². The van der Waals surface area contributed by atoms with Gasteiger partial charge in [0.15, 0.2) is 0 Å². The lowest BCUT2D eigenvalue weighted by molar-refractivity contribution is -0.159. The first kappa shape index (κ1) is 12.8. The molecular formula is C3H4BNO4S2. The summed E-state index contributed by atoms with van der Waals surface area (Å²) in [6, 6.07) is 0. The Morgan fingerprint density at radius 1 is 1.27 bits per heavy atom. The number of rotatable bonds is 0. The van der Waals surface area contributed by atoms with Gasteiger partial charge in [-0.2, -0.15) is 25.0 Å². The Balaban J connectivity index is 0. The zero-order valence-electron chi connectivity index (χ0n) is 5.13. The van der Waals surface area contributed by atoms with Crippen molar-refractivity contribution in [2.75, 3.05) is 0 Å². The largest absolute Gasteiger partial charge is 0.473 e. The van der Waals surface area contributed by atoms with Crippen LogP contribution in [0.25, 0.3) is 0 Å². The minimum Gasteiger partial charge on any atom is -0.473 e. The van der Waals surface area contributed by atoms with Crippen molar-refractivity contribution in [2.45, 2.75) is 0 Å². The number of thiol groups is 2. The molecule has 0 aromatic heterocycles. The lowest BCUT2D eigenvalue weighted by Crippen LogP contribution is -2.09. The topological polar surface area (TPSA) is 98.4 Å². The molecule has 11 heavy (non-hydrogen) atoms. The lowest BCUT2D eigenvalue weighted by Gasteiger charge is -1.72. The maximum absolute atomic E-state index is 9.10. The van der Waals surface area contributed by atoms with Gasteiger partial charge in [0.05, 0.1) is 0 Å². The third kappa shape index (κ3) is 17.6. The second-order valence-electron chi connectivity index (χ2n) is 1.11. The fraction of sp³-hybridized carbons (Fsp3) is 0. The summed E-state index contributed by atoms with van der Waals surface area (Å²) in [6.07, 6.45) is 0. The molecule has 0 bridgehead atoms. The molecule has 0 aliphatic carbocycles. The Morgan fingerprint density at radius 2 is 1.45 bits per heavy atom. The molecule has 0 saturated heterocycles. The van der Waals surface area contributed by atoms with Crippen molar-refractivity contribution in [3.63, 3.8) is 0 Å². The zero-order chi connectivity index (χ0) is 9.44. The lowest BCUT2D eigenvalue weighted by atomic mass is 10.2. The van der Waals surface area contributed by atoms with Crippen molar-refractivity contribution < 1.29 is 19.8 Å². The Bertz CT molecular complexity index is 176. The van der Waals surface area contributed by atoms with Crippen molar-refractivity contribution in [2.24, 2.45) is 0 Å². The van der Waals surface area contributed by atoms with E-state index in [4.69, 9.17) is 25.1 Å². The standard InChI is InChI=1S/C2H2O4.CH2BNS2/c3-1(4)2(5)6;3-1-2(4)5/h(H,3,4)(H,5,6);4-5H. The minimum atomic E-state index is -1.82. The molecule has 0 amide bonds. The summed E-state index contributed by atoms with van der Waals surface area (Å²) in [6.45, 7) is 0. The number of hydrogen-bond donors (Lipinski definition) is 4. The fourth-order valence-corrected chi connectivity index (χ4v) is 0. The van der Waals surface area contributed by atoms with Gasteiger partial charge < -0.3 is 10.2 Å². The second kappa shape index (κ2) is 7.30. The molecule has 0 saturated carbocycles. The van der Waals surface area contributed by atoms with E-state index >= 15 is 0 Å². The molecule has 2 N–H and O–H groups in total. The molecule has 0 aliphatic rings. The summed E-state index contributed by atoms with van der Waals surface area (Å²) < 4.78 is 0. The molecule has 8 heteroatoms. The van der Waals surface area contributed by atoms with E-state index in [9.17, 15) is 0 Å². The molecule has 0 radical (unpaired) electrons. The first-order valence-electron chi connectivity index (χ1n) is 2.13. The van der Waals surface area contributed by atoms with Crippen molar-refractivity contribution >= 4 is 42.2 Å². The highest BCUT2D eigenvalue weighted by molar-refractivity contribution is 8.41. The van der Waals surface area contributed by atoms with Crippen LogP contribution in [0, 0.1) is 11.2 Å². The quantitative estimate of drug-likeness (QED) is 0.237. The number of carboxylic acids is 2. The number of aliphatic carboxylic acids is 2. The maximum Gasteiger partial charge on any atom is 0.414 e. The van der Waals surface area contributed by atoms with Gasteiger partial charge in [0, 0.05) is 5.97 Å². The summed E-state index contributed by atoms with van der Waals surface area (Å²) in [7, 11) is 0. The van der Waals surface area contributed by atoms with Crippen molar-refractivity contribution in [1.29, 1.82) is 5.26 Å². The van der Waals surface area contributed by atoms with E-state index in [1.165, 1.54) is 0 Å². The van der Waals surface area contributed by atoms with Crippen molar-refractivity contribution in [1.82, 2.24) is 0 Å². The molecule has 60 valence electrons. The van der Waals surface area contributed by atoms with Crippen molar-refractivity contribution in [3.05, 3.63) is 0 Å². The number of nitriles is 1. The van der Waals surface area contributed by atoms with E-state index in [1.54, 1.807) is 5.97 Å². The van der Waals surface area contributed by atoms with Gasteiger partial charge in [-0.1, -0.05) is 0 Å². The van der Waals surface area contributed by atoms with Crippen LogP contribution in [0.2, 0.25) is 0 Å². The number of carbonyl (C=O) groups is 2. The zero-order valence-corrected chi connectivity index (χ0v) is 6.92. The van der Waals surface area contributed by atoms with Crippen LogP contribution in [0.5, 0.6) is 0 Å². The Labute approximate surface area is 73.7 Å². The van der Waals surface area contributed by atoms with Crippen LogP contribution >= 0.6 is 25.0 Å². The average molecular weight is 193 g/mol. The first-order chi connectivity index (χ1) is 4.91. The van der Waals surface area contributed by atoms with Gasteiger partial charge in [0.25, 0.3) is 0 Å². The van der Waals surface area contributed by atoms with Gasteiger partial charge in [0.2, 0.25) is 0 Å². The Kier molecular flexibility index (Phi) is 8.52. The van der Waals surface area contributed by atoms with E-state index < -0.39 is 17.2 Å². The molecule has 0 aliphatic heterocycles. The minimum absolute atomic E-state index is 0.421. The van der Waals surface area contributed by atoms with Gasteiger partial charge in [0.1, 0.15) is 0 Å². The summed E-state index contributed by atoms with van der Waals surface area (Å²) in [5.41, 5.74) is 0. The normalized spacial score (nSPS) is 6.64. The molecular weight excluding hydrogens is 189 g/mol. The van der Waals surface area contributed by atoms with E-state index in [1.807, 2.05) is 0 Å². The summed E-state index contributed by atoms with van der Waals surface area (Å²) in [5.74, 6) is -1.89. The number of hydrogen-bond acceptors (Lipinski definition) is 5. The first-order valence-corrected chi connectivity index (χ1v) is 3.17. The Morgan fingerprint density at radius 3 is 1.45 bits per heavy atom. The predicted octanol–water partition coefficient (Wildman–Crippen LogP) is -0.447. The Hall–Kier alpha value is -0.805. The van der Waals surface area contributed by atoms with E-state index in [0.717, 1.165) is 0 Å². The van der Waals surface area contributed by atoms with E-state index in [-0.39, 0.29) is 0 Å². The SMILES string of the molecule is N#CB(S)S.O=C(O)C(=O)O. The third-order valence-corrected chi connectivity index (χ3v) is 0.529. The molecule has 0 spiro atoms. The monoisotopic (exact) mass is 193 g/mol. The summed E-state index contributed by atoms with van der Waals surface area (Å²) in [5, 5.41) is 22.1. The fourth-order valence-electron chi connectivity index (χ4n) is 0. The molecule has 0 fully saturated rings.